The van der Waals surface area contributed by atoms with E-state index in [-0.39, 0.29) is 29.0 Å². The number of halogens is 3. The van der Waals surface area contributed by atoms with Crippen LogP contribution in [0, 0.1) is 18.8 Å². The number of hydrogen-bond acceptors (Lipinski definition) is 2. The van der Waals surface area contributed by atoms with E-state index < -0.39 is 11.7 Å². The Bertz CT molecular complexity index is 528. The highest BCUT2D eigenvalue weighted by atomic mass is 19.4. The molecule has 0 heterocycles. The van der Waals surface area contributed by atoms with Gasteiger partial charge < -0.3 is 11.1 Å². The summed E-state index contributed by atoms with van der Waals surface area (Å²) in [5.74, 6) is -0.317. The van der Waals surface area contributed by atoms with E-state index in [1.807, 2.05) is 0 Å². The summed E-state index contributed by atoms with van der Waals surface area (Å²) in [5.41, 5.74) is 5.23. The topological polar surface area (TPSA) is 55.1 Å². The van der Waals surface area contributed by atoms with Crippen LogP contribution in [0.15, 0.2) is 18.2 Å². The van der Waals surface area contributed by atoms with Gasteiger partial charge in [-0.25, -0.2) is 0 Å². The summed E-state index contributed by atoms with van der Waals surface area (Å²) in [7, 11) is 0. The van der Waals surface area contributed by atoms with Gasteiger partial charge in [0.25, 0.3) is 0 Å². The zero-order valence-electron chi connectivity index (χ0n) is 11.8. The molecule has 1 aliphatic rings. The van der Waals surface area contributed by atoms with E-state index in [4.69, 9.17) is 5.73 Å². The molecule has 2 rings (SSSR count). The summed E-state index contributed by atoms with van der Waals surface area (Å²) in [4.78, 5) is 12.2. The third-order valence-corrected chi connectivity index (χ3v) is 4.11. The van der Waals surface area contributed by atoms with Gasteiger partial charge in [-0.3, -0.25) is 4.79 Å². The van der Waals surface area contributed by atoms with Crippen molar-refractivity contribution in [2.24, 2.45) is 17.6 Å². The summed E-state index contributed by atoms with van der Waals surface area (Å²) >= 11 is 0. The lowest BCUT2D eigenvalue weighted by Crippen LogP contribution is -2.29. The molecule has 0 spiro atoms. The van der Waals surface area contributed by atoms with Gasteiger partial charge in [0, 0.05) is 11.6 Å². The zero-order valence-corrected chi connectivity index (χ0v) is 11.8. The fraction of sp³-hybridized carbons (Fsp3) is 0.533. The minimum absolute atomic E-state index is 0.123. The Morgan fingerprint density at radius 1 is 1.38 bits per heavy atom. The number of carbonyl (C=O) groups is 1. The molecular formula is C15H19F3N2O. The minimum Gasteiger partial charge on any atom is -0.330 e. The minimum atomic E-state index is -4.42. The SMILES string of the molecule is Cc1ccc(NC(=O)[C@@H]2CCC[C@@H]2CN)cc1C(F)(F)F. The van der Waals surface area contributed by atoms with Crippen LogP contribution in [0.2, 0.25) is 0 Å². The van der Waals surface area contributed by atoms with E-state index in [1.165, 1.54) is 19.1 Å². The molecule has 2 atom stereocenters. The second-order valence-corrected chi connectivity index (χ2v) is 5.55. The van der Waals surface area contributed by atoms with Crippen molar-refractivity contribution in [3.63, 3.8) is 0 Å². The van der Waals surface area contributed by atoms with Crippen molar-refractivity contribution in [3.8, 4) is 0 Å². The molecule has 1 amide bonds. The predicted molar refractivity (Wildman–Crippen MR) is 74.7 cm³/mol. The second kappa shape index (κ2) is 6.05. The molecule has 3 nitrogen and oxygen atoms in total. The lowest BCUT2D eigenvalue weighted by atomic mass is 9.95. The molecule has 0 bridgehead atoms. The Hall–Kier alpha value is -1.56. The van der Waals surface area contributed by atoms with E-state index >= 15 is 0 Å². The van der Waals surface area contributed by atoms with Gasteiger partial charge in [0.15, 0.2) is 0 Å². The molecule has 0 aromatic heterocycles. The number of aryl methyl sites for hydroxylation is 1. The van der Waals surface area contributed by atoms with Crippen molar-refractivity contribution in [2.75, 3.05) is 11.9 Å². The number of nitrogens with one attached hydrogen (secondary N) is 1. The number of alkyl halides is 3. The van der Waals surface area contributed by atoms with Gasteiger partial charge in [-0.05, 0) is 49.9 Å². The first kappa shape index (κ1) is 15.8. The van der Waals surface area contributed by atoms with E-state index in [1.54, 1.807) is 0 Å². The first-order valence-electron chi connectivity index (χ1n) is 7.01. The van der Waals surface area contributed by atoms with Crippen LogP contribution in [-0.4, -0.2) is 12.5 Å². The summed E-state index contributed by atoms with van der Waals surface area (Å²) in [6.45, 7) is 1.83. The molecule has 0 aliphatic heterocycles. The van der Waals surface area contributed by atoms with E-state index in [0.29, 0.717) is 6.54 Å². The van der Waals surface area contributed by atoms with Gasteiger partial charge in [0.2, 0.25) is 5.91 Å². The largest absolute Gasteiger partial charge is 0.416 e. The normalized spacial score (nSPS) is 22.3. The van der Waals surface area contributed by atoms with Crippen LogP contribution in [0.25, 0.3) is 0 Å². The van der Waals surface area contributed by atoms with Crippen LogP contribution in [0.1, 0.15) is 30.4 Å². The van der Waals surface area contributed by atoms with Gasteiger partial charge in [-0.1, -0.05) is 12.5 Å². The number of nitrogens with two attached hydrogens (primary N) is 1. The maximum Gasteiger partial charge on any atom is 0.416 e. The average molecular weight is 300 g/mol. The highest BCUT2D eigenvalue weighted by Crippen LogP contribution is 2.35. The van der Waals surface area contributed by atoms with E-state index in [0.717, 1.165) is 25.3 Å². The molecule has 6 heteroatoms. The molecule has 0 unspecified atom stereocenters. The van der Waals surface area contributed by atoms with Crippen LogP contribution >= 0.6 is 0 Å². The number of amides is 1. The number of anilines is 1. The van der Waals surface area contributed by atoms with Crippen molar-refractivity contribution in [2.45, 2.75) is 32.4 Å². The van der Waals surface area contributed by atoms with Crippen molar-refractivity contribution >= 4 is 11.6 Å². The maximum absolute atomic E-state index is 12.9. The van der Waals surface area contributed by atoms with Crippen molar-refractivity contribution in [3.05, 3.63) is 29.3 Å². The van der Waals surface area contributed by atoms with Gasteiger partial charge in [0.1, 0.15) is 0 Å². The Morgan fingerprint density at radius 3 is 2.71 bits per heavy atom. The Balaban J connectivity index is 2.15. The predicted octanol–water partition coefficient (Wildman–Crippen LogP) is 3.33. The smallest absolute Gasteiger partial charge is 0.330 e. The Labute approximate surface area is 121 Å². The van der Waals surface area contributed by atoms with E-state index in [9.17, 15) is 18.0 Å². The van der Waals surface area contributed by atoms with Gasteiger partial charge in [-0.2, -0.15) is 13.2 Å². The highest BCUT2D eigenvalue weighted by Gasteiger charge is 2.34. The van der Waals surface area contributed by atoms with Crippen LogP contribution in [-0.2, 0) is 11.0 Å². The quantitative estimate of drug-likeness (QED) is 0.899. The fourth-order valence-electron chi connectivity index (χ4n) is 2.90. The highest BCUT2D eigenvalue weighted by molar-refractivity contribution is 5.93. The van der Waals surface area contributed by atoms with Crippen LogP contribution in [0.3, 0.4) is 0 Å². The molecule has 116 valence electrons. The monoisotopic (exact) mass is 300 g/mol. The molecule has 1 aliphatic carbocycles. The standard InChI is InChI=1S/C15H19F3N2O/c1-9-5-6-11(7-13(9)15(16,17)18)20-14(21)12-4-2-3-10(12)8-19/h5-7,10,12H,2-4,8,19H2,1H3,(H,20,21)/t10-,12-/m1/s1. The number of rotatable bonds is 3. The molecule has 0 radical (unpaired) electrons. The van der Waals surface area contributed by atoms with Crippen molar-refractivity contribution < 1.29 is 18.0 Å². The third-order valence-electron chi connectivity index (χ3n) is 4.11. The molecule has 1 fully saturated rings. The third kappa shape index (κ3) is 3.56. The van der Waals surface area contributed by atoms with Crippen LogP contribution < -0.4 is 11.1 Å². The molecule has 1 saturated carbocycles. The lowest BCUT2D eigenvalue weighted by Gasteiger charge is -2.18. The average Bonchev–Trinajstić information content (AvgIpc) is 2.88. The Kier molecular flexibility index (Phi) is 4.56. The van der Waals surface area contributed by atoms with Crippen LogP contribution in [0.5, 0.6) is 0 Å². The summed E-state index contributed by atoms with van der Waals surface area (Å²) in [5, 5.41) is 2.59. The molecular weight excluding hydrogens is 281 g/mol. The maximum atomic E-state index is 12.9. The first-order valence-corrected chi connectivity index (χ1v) is 7.01. The van der Waals surface area contributed by atoms with Gasteiger partial charge >= 0.3 is 6.18 Å². The van der Waals surface area contributed by atoms with Gasteiger partial charge in [-0.15, -0.1) is 0 Å². The summed E-state index contributed by atoms with van der Waals surface area (Å²) < 4.78 is 38.6. The molecule has 1 aromatic rings. The molecule has 0 saturated heterocycles. The van der Waals surface area contributed by atoms with E-state index in [2.05, 4.69) is 5.32 Å². The molecule has 3 N–H and O–H groups in total. The molecule has 1 aromatic carbocycles. The Morgan fingerprint density at radius 2 is 2.10 bits per heavy atom. The zero-order chi connectivity index (χ0) is 15.6. The first-order chi connectivity index (χ1) is 9.82. The second-order valence-electron chi connectivity index (χ2n) is 5.55. The summed E-state index contributed by atoms with van der Waals surface area (Å²) in [6, 6.07) is 3.85. The number of benzene rings is 1. The fourth-order valence-corrected chi connectivity index (χ4v) is 2.90. The van der Waals surface area contributed by atoms with Crippen molar-refractivity contribution in [1.29, 1.82) is 0 Å². The number of carbonyl (C=O) groups excluding carboxylic acids is 1. The number of hydrogen-bond donors (Lipinski definition) is 2. The molecule has 21 heavy (non-hydrogen) atoms. The lowest BCUT2D eigenvalue weighted by molar-refractivity contribution is -0.138. The van der Waals surface area contributed by atoms with Crippen LogP contribution in [0.4, 0.5) is 18.9 Å². The van der Waals surface area contributed by atoms with Crippen molar-refractivity contribution in [1.82, 2.24) is 0 Å². The van der Waals surface area contributed by atoms with Gasteiger partial charge in [0.05, 0.1) is 5.56 Å². The summed E-state index contributed by atoms with van der Waals surface area (Å²) in [6.07, 6.45) is -1.85.